The lowest BCUT2D eigenvalue weighted by atomic mass is 9.87. The van der Waals surface area contributed by atoms with Crippen LogP contribution in [-0.4, -0.2) is 15.0 Å². The number of aromatic amines is 1. The summed E-state index contributed by atoms with van der Waals surface area (Å²) in [6, 6.07) is 56.1. The standard InChI is InChI=1S/C44H28N4/c1-2-11-34-28(8-1)23-26-40-42(34)36-13-5-9-30-10-6-16-39(41(30)36)48(40)33-24-21-32(22-25-33)44-46-38-14-4-3-12-35(38)43(47-44)31-19-17-29(18-20-31)37-15-7-27-45-37/h1-27,45H. The van der Waals surface area contributed by atoms with Crippen molar-refractivity contribution in [2.45, 2.75) is 0 Å². The fourth-order valence-electron chi connectivity index (χ4n) is 7.36. The molecule has 0 amide bonds. The molecule has 0 unspecified atom stereocenters. The third-order valence-electron chi connectivity index (χ3n) is 9.60. The zero-order chi connectivity index (χ0) is 31.6. The molecule has 0 saturated carbocycles. The number of fused-ring (bicyclic) bond motifs is 5. The summed E-state index contributed by atoms with van der Waals surface area (Å²) in [6.07, 6.45) is 1.95. The van der Waals surface area contributed by atoms with Gasteiger partial charge in [-0.2, -0.15) is 0 Å². The summed E-state index contributed by atoms with van der Waals surface area (Å²) in [5.74, 6) is 0.709. The van der Waals surface area contributed by atoms with Gasteiger partial charge in [-0.1, -0.05) is 103 Å². The van der Waals surface area contributed by atoms with E-state index in [0.29, 0.717) is 5.82 Å². The highest BCUT2D eigenvalue weighted by Gasteiger charge is 2.27. The quantitative estimate of drug-likeness (QED) is 0.215. The Hall–Kier alpha value is -6.52. The number of nitrogens with one attached hydrogen (secondary N) is 1. The van der Waals surface area contributed by atoms with Crippen molar-refractivity contribution in [2.24, 2.45) is 0 Å². The van der Waals surface area contributed by atoms with Crippen LogP contribution >= 0.6 is 0 Å². The van der Waals surface area contributed by atoms with E-state index in [9.17, 15) is 0 Å². The summed E-state index contributed by atoms with van der Waals surface area (Å²) in [4.78, 5) is 15.9. The van der Waals surface area contributed by atoms with Crippen molar-refractivity contribution < 1.29 is 0 Å². The normalized spacial score (nSPS) is 12.1. The molecule has 2 aromatic heterocycles. The number of hydrogen-bond donors (Lipinski definition) is 1. The summed E-state index contributed by atoms with van der Waals surface area (Å²) in [6.45, 7) is 0. The van der Waals surface area contributed by atoms with Gasteiger partial charge < -0.3 is 9.88 Å². The molecule has 0 atom stereocenters. The molecular formula is C44H28N4. The van der Waals surface area contributed by atoms with Crippen LogP contribution in [0.5, 0.6) is 0 Å². The van der Waals surface area contributed by atoms with Gasteiger partial charge in [0.15, 0.2) is 5.82 Å². The molecule has 0 spiro atoms. The predicted octanol–water partition coefficient (Wildman–Crippen LogP) is 11.7. The van der Waals surface area contributed by atoms with Crippen LogP contribution in [0.3, 0.4) is 0 Å². The van der Waals surface area contributed by atoms with Crippen LogP contribution in [0.25, 0.3) is 77.5 Å². The smallest absolute Gasteiger partial charge is 0.160 e. The molecule has 224 valence electrons. The molecule has 0 aliphatic carbocycles. The lowest BCUT2D eigenvalue weighted by Crippen LogP contribution is -2.15. The van der Waals surface area contributed by atoms with Gasteiger partial charge in [-0.15, -0.1) is 0 Å². The first kappa shape index (κ1) is 26.7. The van der Waals surface area contributed by atoms with Crippen molar-refractivity contribution in [3.05, 3.63) is 164 Å². The van der Waals surface area contributed by atoms with E-state index in [1.807, 2.05) is 18.3 Å². The summed E-state index contributed by atoms with van der Waals surface area (Å²) in [5, 5.41) is 6.05. The number of rotatable bonds is 4. The number of para-hydroxylation sites is 1. The highest BCUT2D eigenvalue weighted by molar-refractivity contribution is 6.19. The van der Waals surface area contributed by atoms with Crippen LogP contribution in [0.4, 0.5) is 17.1 Å². The van der Waals surface area contributed by atoms with Gasteiger partial charge in [0.25, 0.3) is 0 Å². The molecule has 0 radical (unpaired) electrons. The SMILES string of the molecule is c1c[nH]c(-c2ccc(-c3nc(-c4ccc(N5c6ccc7ccccc7c6-c6cccc7cccc5c67)cc4)nc4ccccc34)cc2)c1. The zero-order valence-corrected chi connectivity index (χ0v) is 25.9. The van der Waals surface area contributed by atoms with E-state index in [2.05, 4.69) is 155 Å². The van der Waals surface area contributed by atoms with E-state index in [1.165, 1.54) is 44.0 Å². The first-order valence-electron chi connectivity index (χ1n) is 16.3. The van der Waals surface area contributed by atoms with Crippen molar-refractivity contribution >= 4 is 49.5 Å². The van der Waals surface area contributed by atoms with Crippen molar-refractivity contribution in [3.63, 3.8) is 0 Å². The molecule has 7 aromatic carbocycles. The topological polar surface area (TPSA) is 44.8 Å². The maximum absolute atomic E-state index is 5.17. The van der Waals surface area contributed by atoms with Crippen LogP contribution in [0.2, 0.25) is 0 Å². The van der Waals surface area contributed by atoms with E-state index < -0.39 is 0 Å². The Kier molecular flexibility index (Phi) is 5.84. The van der Waals surface area contributed by atoms with Crippen molar-refractivity contribution in [3.8, 4) is 45.0 Å². The first-order valence-corrected chi connectivity index (χ1v) is 16.3. The molecule has 10 rings (SSSR count). The number of anilines is 3. The van der Waals surface area contributed by atoms with Gasteiger partial charge >= 0.3 is 0 Å². The molecule has 9 aromatic rings. The second kappa shape index (κ2) is 10.5. The fourth-order valence-corrected chi connectivity index (χ4v) is 7.36. The average molecular weight is 613 g/mol. The van der Waals surface area contributed by atoms with Crippen LogP contribution in [0.15, 0.2) is 164 Å². The van der Waals surface area contributed by atoms with E-state index in [0.717, 1.165) is 44.7 Å². The van der Waals surface area contributed by atoms with Crippen molar-refractivity contribution in [1.82, 2.24) is 15.0 Å². The minimum Gasteiger partial charge on any atom is -0.361 e. The average Bonchev–Trinajstić information content (AvgIpc) is 3.70. The zero-order valence-electron chi connectivity index (χ0n) is 25.9. The van der Waals surface area contributed by atoms with E-state index in [4.69, 9.17) is 9.97 Å². The summed E-state index contributed by atoms with van der Waals surface area (Å²) in [5.41, 5.74) is 12.1. The molecule has 4 nitrogen and oxygen atoms in total. The highest BCUT2D eigenvalue weighted by atomic mass is 15.2. The molecule has 3 heterocycles. The van der Waals surface area contributed by atoms with Crippen LogP contribution in [-0.2, 0) is 0 Å². The van der Waals surface area contributed by atoms with Crippen molar-refractivity contribution in [2.75, 3.05) is 4.90 Å². The second-order valence-corrected chi connectivity index (χ2v) is 12.3. The summed E-state index contributed by atoms with van der Waals surface area (Å²) >= 11 is 0. The van der Waals surface area contributed by atoms with Gasteiger partial charge in [0, 0.05) is 45.0 Å². The third-order valence-corrected chi connectivity index (χ3v) is 9.60. The Morgan fingerprint density at radius 1 is 0.479 bits per heavy atom. The van der Waals surface area contributed by atoms with Crippen molar-refractivity contribution in [1.29, 1.82) is 0 Å². The monoisotopic (exact) mass is 612 g/mol. The highest BCUT2D eigenvalue weighted by Crippen LogP contribution is 2.53. The Morgan fingerprint density at radius 2 is 1.21 bits per heavy atom. The van der Waals surface area contributed by atoms with E-state index >= 15 is 0 Å². The Bertz CT molecular complexity index is 2650. The molecule has 1 aliphatic rings. The van der Waals surface area contributed by atoms with Crippen LogP contribution < -0.4 is 4.90 Å². The largest absolute Gasteiger partial charge is 0.361 e. The molecule has 4 heteroatoms. The van der Waals surface area contributed by atoms with Gasteiger partial charge in [-0.05, 0) is 81.9 Å². The number of benzene rings is 7. The minimum absolute atomic E-state index is 0.709. The van der Waals surface area contributed by atoms with Crippen LogP contribution in [0, 0.1) is 0 Å². The lowest BCUT2D eigenvalue weighted by molar-refractivity contribution is 1.22. The van der Waals surface area contributed by atoms with Gasteiger partial charge in [-0.3, -0.25) is 0 Å². The molecule has 0 saturated heterocycles. The molecule has 1 aliphatic heterocycles. The third kappa shape index (κ3) is 4.10. The molecule has 1 N–H and O–H groups in total. The lowest BCUT2D eigenvalue weighted by Gasteiger charge is -2.34. The van der Waals surface area contributed by atoms with Gasteiger partial charge in [0.05, 0.1) is 22.6 Å². The van der Waals surface area contributed by atoms with Gasteiger partial charge in [0.2, 0.25) is 0 Å². The van der Waals surface area contributed by atoms with Gasteiger partial charge in [-0.25, -0.2) is 9.97 Å². The summed E-state index contributed by atoms with van der Waals surface area (Å²) in [7, 11) is 0. The number of hydrogen-bond acceptors (Lipinski definition) is 3. The Labute approximate surface area is 277 Å². The van der Waals surface area contributed by atoms with E-state index in [1.54, 1.807) is 0 Å². The minimum atomic E-state index is 0.709. The number of nitrogens with zero attached hydrogens (tertiary/aromatic N) is 3. The maximum atomic E-state index is 5.17. The summed E-state index contributed by atoms with van der Waals surface area (Å²) < 4.78 is 0. The van der Waals surface area contributed by atoms with Crippen LogP contribution in [0.1, 0.15) is 0 Å². The molecule has 0 bridgehead atoms. The Balaban J connectivity index is 1.10. The number of aromatic nitrogens is 3. The predicted molar refractivity (Wildman–Crippen MR) is 199 cm³/mol. The molecular weight excluding hydrogens is 585 g/mol. The Morgan fingerprint density at radius 3 is 2.04 bits per heavy atom. The molecule has 48 heavy (non-hydrogen) atoms. The second-order valence-electron chi connectivity index (χ2n) is 12.3. The van der Waals surface area contributed by atoms with Gasteiger partial charge in [0.1, 0.15) is 0 Å². The van der Waals surface area contributed by atoms with E-state index in [-0.39, 0.29) is 0 Å². The molecule has 0 fully saturated rings. The first-order chi connectivity index (χ1) is 23.8. The number of H-pyrrole nitrogens is 1. The fraction of sp³-hybridized carbons (Fsp3) is 0. The maximum Gasteiger partial charge on any atom is 0.160 e.